The third kappa shape index (κ3) is 4.71. The molecule has 0 N–H and O–H groups in total. The second-order valence-electron chi connectivity index (χ2n) is 10.2. The quantitative estimate of drug-likeness (QED) is 0.342. The predicted octanol–water partition coefficient (Wildman–Crippen LogP) is 7.57. The van der Waals surface area contributed by atoms with Crippen molar-refractivity contribution in [3.63, 3.8) is 0 Å². The van der Waals surface area contributed by atoms with Gasteiger partial charge in [-0.3, -0.25) is 9.69 Å². The third-order valence-corrected chi connectivity index (χ3v) is 7.06. The lowest BCUT2D eigenvalue weighted by Crippen LogP contribution is -2.32. The van der Waals surface area contributed by atoms with Gasteiger partial charge in [0.2, 0.25) is 5.78 Å². The summed E-state index contributed by atoms with van der Waals surface area (Å²) in [6.45, 7) is 10.1. The van der Waals surface area contributed by atoms with E-state index in [1.165, 1.54) is 5.56 Å². The summed E-state index contributed by atoms with van der Waals surface area (Å²) in [6.07, 6.45) is 1.82. The highest BCUT2D eigenvalue weighted by molar-refractivity contribution is 6.35. The van der Waals surface area contributed by atoms with Crippen molar-refractivity contribution in [1.82, 2.24) is 4.90 Å². The van der Waals surface area contributed by atoms with Crippen LogP contribution < -0.4 is 9.47 Å². The molecule has 35 heavy (non-hydrogen) atoms. The van der Waals surface area contributed by atoms with Crippen LogP contribution in [0.3, 0.4) is 0 Å². The molecule has 2 aliphatic heterocycles. The van der Waals surface area contributed by atoms with Crippen molar-refractivity contribution in [2.75, 3.05) is 6.73 Å². The molecule has 4 nitrogen and oxygen atoms in total. The van der Waals surface area contributed by atoms with Crippen molar-refractivity contribution in [2.45, 2.75) is 46.2 Å². The Morgan fingerprint density at radius 3 is 2.49 bits per heavy atom. The van der Waals surface area contributed by atoms with Crippen LogP contribution in [0.15, 0.2) is 54.3 Å². The normalized spacial score (nSPS) is 16.6. The van der Waals surface area contributed by atoms with E-state index in [1.807, 2.05) is 43.3 Å². The molecule has 0 fully saturated rings. The first-order chi connectivity index (χ1) is 16.6. The molecule has 2 heterocycles. The first-order valence-electron chi connectivity index (χ1n) is 11.6. The van der Waals surface area contributed by atoms with Crippen molar-refractivity contribution in [2.24, 2.45) is 0 Å². The minimum Gasteiger partial charge on any atom is -0.478 e. The number of fused-ring (bicyclic) bond motifs is 3. The van der Waals surface area contributed by atoms with Crippen LogP contribution >= 0.6 is 23.2 Å². The summed E-state index contributed by atoms with van der Waals surface area (Å²) in [7, 11) is 0. The van der Waals surface area contributed by atoms with Crippen LogP contribution in [0.4, 0.5) is 0 Å². The highest BCUT2D eigenvalue weighted by Crippen LogP contribution is 2.44. The van der Waals surface area contributed by atoms with Crippen LogP contribution in [0.5, 0.6) is 11.5 Å². The SMILES string of the molecule is Cc1cc2c(c3c1C(=O)/C(=C/c1ccc(C(C)(C)C)cc1)O3)CN(Cc1ccc(Cl)cc1Cl)CO2. The van der Waals surface area contributed by atoms with Crippen LogP contribution in [0.25, 0.3) is 6.08 Å². The molecular formula is C29H27Cl2NO3. The number of allylic oxidation sites excluding steroid dienone is 1. The molecule has 0 bridgehead atoms. The zero-order valence-electron chi connectivity index (χ0n) is 20.2. The third-order valence-electron chi connectivity index (χ3n) is 6.47. The summed E-state index contributed by atoms with van der Waals surface area (Å²) >= 11 is 12.4. The minimum absolute atomic E-state index is 0.0693. The van der Waals surface area contributed by atoms with Gasteiger partial charge < -0.3 is 9.47 Å². The Labute approximate surface area is 216 Å². The minimum atomic E-state index is -0.0990. The van der Waals surface area contributed by atoms with Gasteiger partial charge in [-0.25, -0.2) is 0 Å². The van der Waals surface area contributed by atoms with Gasteiger partial charge in [-0.15, -0.1) is 0 Å². The standard InChI is InChI=1S/C29H27Cl2NO3/c1-17-11-24-22(15-32(16-34-24)14-19-7-10-21(30)13-23(19)31)28-26(17)27(33)25(35-28)12-18-5-8-20(9-6-18)29(2,3)4/h5-13H,14-16H2,1-4H3/b25-12-. The molecule has 180 valence electrons. The number of ether oxygens (including phenoxy) is 2. The molecular weight excluding hydrogens is 481 g/mol. The Kier molecular flexibility index (Phi) is 6.16. The average molecular weight is 508 g/mol. The summed E-state index contributed by atoms with van der Waals surface area (Å²) in [6, 6.07) is 15.7. The zero-order valence-corrected chi connectivity index (χ0v) is 21.8. The van der Waals surface area contributed by atoms with Gasteiger partial charge in [0.1, 0.15) is 18.2 Å². The Morgan fingerprint density at radius 1 is 1.06 bits per heavy atom. The summed E-state index contributed by atoms with van der Waals surface area (Å²) in [5, 5.41) is 1.22. The van der Waals surface area contributed by atoms with Crippen molar-refractivity contribution in [3.05, 3.63) is 97.7 Å². The summed E-state index contributed by atoms with van der Waals surface area (Å²) < 4.78 is 12.3. The highest BCUT2D eigenvalue weighted by Gasteiger charge is 2.35. The second kappa shape index (κ2) is 9.02. The molecule has 0 aliphatic carbocycles. The van der Waals surface area contributed by atoms with Gasteiger partial charge >= 0.3 is 0 Å². The summed E-state index contributed by atoms with van der Waals surface area (Å²) in [4.78, 5) is 15.4. The Hall–Kier alpha value is -2.79. The lowest BCUT2D eigenvalue weighted by atomic mass is 9.86. The van der Waals surface area contributed by atoms with Crippen molar-refractivity contribution < 1.29 is 14.3 Å². The number of carbonyl (C=O) groups is 1. The largest absolute Gasteiger partial charge is 0.478 e. The predicted molar refractivity (Wildman–Crippen MR) is 140 cm³/mol. The fourth-order valence-electron chi connectivity index (χ4n) is 4.50. The molecule has 0 radical (unpaired) electrons. The van der Waals surface area contributed by atoms with E-state index < -0.39 is 0 Å². The Bertz CT molecular complexity index is 1350. The molecule has 0 amide bonds. The van der Waals surface area contributed by atoms with E-state index in [9.17, 15) is 4.79 Å². The molecule has 2 aliphatic rings. The molecule has 0 saturated heterocycles. The number of Topliss-reactive ketones (excluding diaryl/α,β-unsaturated/α-hetero) is 1. The van der Waals surface area contributed by atoms with Gasteiger partial charge in [0, 0.05) is 23.1 Å². The van der Waals surface area contributed by atoms with Crippen LogP contribution in [0.2, 0.25) is 10.0 Å². The van der Waals surface area contributed by atoms with Crippen LogP contribution in [0, 0.1) is 6.92 Å². The molecule has 0 aromatic heterocycles. The van der Waals surface area contributed by atoms with Gasteiger partial charge in [-0.2, -0.15) is 0 Å². The molecule has 0 spiro atoms. The number of halogens is 2. The van der Waals surface area contributed by atoms with E-state index in [0.29, 0.717) is 46.9 Å². The number of aryl methyl sites for hydroxylation is 1. The van der Waals surface area contributed by atoms with E-state index in [2.05, 4.69) is 37.8 Å². The van der Waals surface area contributed by atoms with Crippen molar-refractivity contribution in [1.29, 1.82) is 0 Å². The van der Waals surface area contributed by atoms with E-state index >= 15 is 0 Å². The van der Waals surface area contributed by atoms with Gasteiger partial charge in [0.05, 0.1) is 11.1 Å². The van der Waals surface area contributed by atoms with Gasteiger partial charge in [-0.05, 0) is 58.9 Å². The summed E-state index contributed by atoms with van der Waals surface area (Å²) in [5.41, 5.74) is 5.53. The lowest BCUT2D eigenvalue weighted by Gasteiger charge is -2.30. The topological polar surface area (TPSA) is 38.8 Å². The highest BCUT2D eigenvalue weighted by atomic mass is 35.5. The fraction of sp³-hybridized carbons (Fsp3) is 0.276. The van der Waals surface area contributed by atoms with Crippen LogP contribution in [-0.4, -0.2) is 17.4 Å². The maximum Gasteiger partial charge on any atom is 0.232 e. The molecule has 3 aromatic carbocycles. The number of hydrogen-bond donors (Lipinski definition) is 0. The smallest absolute Gasteiger partial charge is 0.232 e. The molecule has 5 rings (SSSR count). The molecule has 0 unspecified atom stereocenters. The molecule has 0 saturated carbocycles. The number of nitrogens with zero attached hydrogens (tertiary/aromatic N) is 1. The van der Waals surface area contributed by atoms with E-state index in [1.54, 1.807) is 6.07 Å². The maximum atomic E-state index is 13.3. The first kappa shape index (κ1) is 23.9. The van der Waals surface area contributed by atoms with E-state index in [0.717, 1.165) is 28.0 Å². The van der Waals surface area contributed by atoms with Crippen molar-refractivity contribution >= 4 is 35.1 Å². The van der Waals surface area contributed by atoms with E-state index in [4.69, 9.17) is 32.7 Å². The van der Waals surface area contributed by atoms with Gasteiger partial charge in [0.15, 0.2) is 5.76 Å². The van der Waals surface area contributed by atoms with Crippen molar-refractivity contribution in [3.8, 4) is 11.5 Å². The second-order valence-corrected chi connectivity index (χ2v) is 11.0. The monoisotopic (exact) mass is 507 g/mol. The average Bonchev–Trinajstić information content (AvgIpc) is 3.13. The number of rotatable bonds is 3. The summed E-state index contributed by atoms with van der Waals surface area (Å²) in [5.74, 6) is 1.58. The van der Waals surface area contributed by atoms with E-state index in [-0.39, 0.29) is 11.2 Å². The number of hydrogen-bond acceptors (Lipinski definition) is 4. The van der Waals surface area contributed by atoms with Crippen LogP contribution in [-0.2, 0) is 18.5 Å². The lowest BCUT2D eigenvalue weighted by molar-refractivity contribution is 0.0872. The number of benzene rings is 3. The van der Waals surface area contributed by atoms with Crippen LogP contribution in [0.1, 0.15) is 58.9 Å². The van der Waals surface area contributed by atoms with Gasteiger partial charge in [0.25, 0.3) is 0 Å². The molecule has 0 atom stereocenters. The number of carbonyl (C=O) groups excluding carboxylic acids is 1. The molecule has 6 heteroatoms. The molecule has 3 aromatic rings. The first-order valence-corrected chi connectivity index (χ1v) is 12.4. The maximum absolute atomic E-state index is 13.3. The van der Waals surface area contributed by atoms with Gasteiger partial charge in [-0.1, -0.05) is 74.3 Å². The fourth-order valence-corrected chi connectivity index (χ4v) is 4.97. The zero-order chi connectivity index (χ0) is 24.9. The Morgan fingerprint density at radius 2 is 1.80 bits per heavy atom. The Balaban J connectivity index is 1.43. The number of ketones is 1.